The third kappa shape index (κ3) is 6.20. The van der Waals surface area contributed by atoms with Crippen molar-refractivity contribution in [2.75, 3.05) is 13.1 Å². The molecule has 26 heavy (non-hydrogen) atoms. The van der Waals surface area contributed by atoms with Crippen LogP contribution in [0.2, 0.25) is 0 Å². The lowest BCUT2D eigenvalue weighted by molar-refractivity contribution is -0.127. The minimum atomic E-state index is -0.402. The molecule has 0 unspecified atom stereocenters. The van der Waals surface area contributed by atoms with Crippen LogP contribution in [-0.4, -0.2) is 36.3 Å². The molecule has 0 bridgehead atoms. The van der Waals surface area contributed by atoms with Crippen LogP contribution in [-0.2, 0) is 20.8 Å². The molecule has 138 valence electrons. The molecular weight excluding hydrogens is 330 g/mol. The molecule has 0 spiro atoms. The molecule has 3 N–H and O–H groups in total. The third-order valence-corrected chi connectivity index (χ3v) is 3.64. The van der Waals surface area contributed by atoms with E-state index >= 15 is 0 Å². The Morgan fingerprint density at radius 3 is 2.15 bits per heavy atom. The van der Waals surface area contributed by atoms with Crippen molar-refractivity contribution in [2.45, 2.75) is 32.7 Å². The summed E-state index contributed by atoms with van der Waals surface area (Å²) >= 11 is 0. The number of amides is 3. The fraction of sp³-hybridized carbons (Fsp3) is 0.350. The number of benzene rings is 2. The minimum Gasteiger partial charge on any atom is -0.350 e. The Morgan fingerprint density at radius 1 is 0.808 bits per heavy atom. The van der Waals surface area contributed by atoms with E-state index in [0.717, 1.165) is 16.3 Å². The van der Waals surface area contributed by atoms with E-state index in [2.05, 4.69) is 16.0 Å². The van der Waals surface area contributed by atoms with Gasteiger partial charge in [-0.15, -0.1) is 0 Å². The van der Waals surface area contributed by atoms with Crippen LogP contribution in [0.3, 0.4) is 0 Å². The van der Waals surface area contributed by atoms with Crippen molar-refractivity contribution >= 4 is 28.5 Å². The van der Waals surface area contributed by atoms with Gasteiger partial charge in [-0.2, -0.15) is 0 Å². The van der Waals surface area contributed by atoms with Gasteiger partial charge in [0.1, 0.15) is 0 Å². The second-order valence-electron chi connectivity index (χ2n) is 7.17. The molecule has 6 heteroatoms. The van der Waals surface area contributed by atoms with Crippen LogP contribution >= 0.6 is 0 Å². The van der Waals surface area contributed by atoms with E-state index < -0.39 is 5.91 Å². The molecule has 0 radical (unpaired) electrons. The Balaban J connectivity index is 1.79. The SMILES string of the molecule is CC(C)(C)NC(=O)CNC(=O)CNC(=O)Cc1cccc2ccccc12. The molecule has 0 aliphatic heterocycles. The molecule has 2 rings (SSSR count). The summed E-state index contributed by atoms with van der Waals surface area (Å²) < 4.78 is 0. The lowest BCUT2D eigenvalue weighted by atomic mass is 10.0. The highest BCUT2D eigenvalue weighted by atomic mass is 16.2. The highest BCUT2D eigenvalue weighted by Gasteiger charge is 2.14. The van der Waals surface area contributed by atoms with Crippen LogP contribution in [0.5, 0.6) is 0 Å². The molecule has 2 aromatic carbocycles. The van der Waals surface area contributed by atoms with E-state index in [-0.39, 0.29) is 36.9 Å². The number of fused-ring (bicyclic) bond motifs is 1. The molecule has 0 saturated heterocycles. The first kappa shape index (κ1) is 19.4. The van der Waals surface area contributed by atoms with E-state index in [0.29, 0.717) is 0 Å². The number of carbonyl (C=O) groups is 3. The molecule has 0 aliphatic carbocycles. The van der Waals surface area contributed by atoms with E-state index in [1.807, 2.05) is 63.2 Å². The van der Waals surface area contributed by atoms with Crippen LogP contribution in [0, 0.1) is 0 Å². The quantitative estimate of drug-likeness (QED) is 0.734. The summed E-state index contributed by atoms with van der Waals surface area (Å²) in [6.07, 6.45) is 0.194. The van der Waals surface area contributed by atoms with Crippen LogP contribution in [0.4, 0.5) is 0 Å². The van der Waals surface area contributed by atoms with Gasteiger partial charge in [0.05, 0.1) is 19.5 Å². The zero-order chi connectivity index (χ0) is 19.2. The van der Waals surface area contributed by atoms with Crippen molar-refractivity contribution in [3.8, 4) is 0 Å². The number of carbonyl (C=O) groups excluding carboxylic acids is 3. The Hall–Kier alpha value is -2.89. The van der Waals surface area contributed by atoms with E-state index in [4.69, 9.17) is 0 Å². The standard InChI is InChI=1S/C20H25N3O3/c1-20(2,3)23-19(26)13-22-18(25)12-21-17(24)11-15-9-6-8-14-7-4-5-10-16(14)15/h4-10H,11-13H2,1-3H3,(H,21,24)(H,22,25)(H,23,26). The monoisotopic (exact) mass is 355 g/mol. The Kier molecular flexibility index (Phi) is 6.33. The first-order chi connectivity index (χ1) is 12.2. The number of hydrogen-bond acceptors (Lipinski definition) is 3. The normalized spacial score (nSPS) is 11.0. The first-order valence-electron chi connectivity index (χ1n) is 8.56. The molecule has 6 nitrogen and oxygen atoms in total. The maximum absolute atomic E-state index is 12.1. The maximum atomic E-state index is 12.1. The molecule has 0 heterocycles. The van der Waals surface area contributed by atoms with Crippen molar-refractivity contribution < 1.29 is 14.4 Å². The molecule has 0 aliphatic rings. The van der Waals surface area contributed by atoms with Gasteiger partial charge in [0.2, 0.25) is 17.7 Å². The van der Waals surface area contributed by atoms with Gasteiger partial charge < -0.3 is 16.0 Å². The Bertz CT molecular complexity index is 804. The van der Waals surface area contributed by atoms with Crippen molar-refractivity contribution in [1.29, 1.82) is 0 Å². The van der Waals surface area contributed by atoms with Crippen LogP contribution in [0.15, 0.2) is 42.5 Å². The van der Waals surface area contributed by atoms with Gasteiger partial charge in [-0.05, 0) is 37.1 Å². The first-order valence-corrected chi connectivity index (χ1v) is 8.56. The van der Waals surface area contributed by atoms with Crippen molar-refractivity contribution in [2.24, 2.45) is 0 Å². The Labute approximate surface area is 153 Å². The molecule has 2 aromatic rings. The van der Waals surface area contributed by atoms with Gasteiger partial charge in [0.25, 0.3) is 0 Å². The molecule has 0 fully saturated rings. The molecule has 0 atom stereocenters. The summed E-state index contributed by atoms with van der Waals surface area (Å²) in [5.74, 6) is -0.913. The maximum Gasteiger partial charge on any atom is 0.239 e. The molecular formula is C20H25N3O3. The summed E-state index contributed by atoms with van der Waals surface area (Å²) in [5, 5.41) is 9.91. The van der Waals surface area contributed by atoms with Crippen molar-refractivity contribution in [3.63, 3.8) is 0 Å². The highest BCUT2D eigenvalue weighted by Crippen LogP contribution is 2.18. The van der Waals surface area contributed by atoms with Gasteiger partial charge in [0.15, 0.2) is 0 Å². The second-order valence-corrected chi connectivity index (χ2v) is 7.17. The van der Waals surface area contributed by atoms with Gasteiger partial charge in [-0.3, -0.25) is 14.4 Å². The van der Waals surface area contributed by atoms with E-state index in [1.54, 1.807) is 0 Å². The lowest BCUT2D eigenvalue weighted by Gasteiger charge is -2.20. The third-order valence-electron chi connectivity index (χ3n) is 3.64. The largest absolute Gasteiger partial charge is 0.350 e. The van der Waals surface area contributed by atoms with Crippen molar-refractivity contribution in [3.05, 3.63) is 48.0 Å². The van der Waals surface area contributed by atoms with Gasteiger partial charge in [-0.25, -0.2) is 0 Å². The minimum absolute atomic E-state index is 0.116. The van der Waals surface area contributed by atoms with Crippen LogP contribution in [0.1, 0.15) is 26.3 Å². The summed E-state index contributed by atoms with van der Waals surface area (Å²) in [7, 11) is 0. The number of hydrogen-bond donors (Lipinski definition) is 3. The smallest absolute Gasteiger partial charge is 0.239 e. The second kappa shape index (κ2) is 8.47. The fourth-order valence-corrected chi connectivity index (χ4v) is 2.56. The predicted octanol–water partition coefficient (Wildman–Crippen LogP) is 1.53. The zero-order valence-corrected chi connectivity index (χ0v) is 15.4. The summed E-state index contributed by atoms with van der Waals surface area (Å²) in [5.41, 5.74) is 0.555. The average Bonchev–Trinajstić information content (AvgIpc) is 2.57. The van der Waals surface area contributed by atoms with Gasteiger partial charge in [-0.1, -0.05) is 42.5 Å². The number of nitrogens with one attached hydrogen (secondary N) is 3. The lowest BCUT2D eigenvalue weighted by Crippen LogP contribution is -2.47. The summed E-state index contributed by atoms with van der Waals surface area (Å²) in [4.78, 5) is 35.5. The summed E-state index contributed by atoms with van der Waals surface area (Å²) in [6, 6.07) is 13.6. The van der Waals surface area contributed by atoms with E-state index in [1.165, 1.54) is 0 Å². The van der Waals surface area contributed by atoms with Gasteiger partial charge >= 0.3 is 0 Å². The van der Waals surface area contributed by atoms with Crippen LogP contribution in [0.25, 0.3) is 10.8 Å². The Morgan fingerprint density at radius 2 is 1.42 bits per heavy atom. The van der Waals surface area contributed by atoms with Gasteiger partial charge in [0, 0.05) is 5.54 Å². The van der Waals surface area contributed by atoms with Crippen molar-refractivity contribution in [1.82, 2.24) is 16.0 Å². The van der Waals surface area contributed by atoms with E-state index in [9.17, 15) is 14.4 Å². The topological polar surface area (TPSA) is 87.3 Å². The highest BCUT2D eigenvalue weighted by molar-refractivity contribution is 5.92. The van der Waals surface area contributed by atoms with Crippen LogP contribution < -0.4 is 16.0 Å². The average molecular weight is 355 g/mol. The zero-order valence-electron chi connectivity index (χ0n) is 15.4. The summed E-state index contributed by atoms with van der Waals surface area (Å²) in [6.45, 7) is 5.31. The number of rotatable bonds is 6. The molecule has 3 amide bonds. The molecule has 0 saturated carbocycles. The fourth-order valence-electron chi connectivity index (χ4n) is 2.56. The molecule has 0 aromatic heterocycles. The predicted molar refractivity (Wildman–Crippen MR) is 102 cm³/mol.